The first kappa shape index (κ1) is 32.9. The van der Waals surface area contributed by atoms with Crippen LogP contribution in [0.1, 0.15) is 77.9 Å². The summed E-state index contributed by atoms with van der Waals surface area (Å²) in [5, 5.41) is 12.2. The molecule has 3 amide bonds. The van der Waals surface area contributed by atoms with Crippen LogP contribution in [-0.4, -0.2) is 87.6 Å². The van der Waals surface area contributed by atoms with Crippen LogP contribution in [-0.2, 0) is 28.7 Å². The Morgan fingerprint density at radius 2 is 1.73 bits per heavy atom. The van der Waals surface area contributed by atoms with Crippen molar-refractivity contribution in [3.05, 3.63) is 60.2 Å². The maximum Gasteiger partial charge on any atom is 0.313 e. The highest BCUT2D eigenvalue weighted by Crippen LogP contribution is 2.53. The van der Waals surface area contributed by atoms with Crippen molar-refractivity contribution in [1.82, 2.24) is 15.1 Å². The Morgan fingerprint density at radius 3 is 2.44 bits per heavy atom. The van der Waals surface area contributed by atoms with Crippen LogP contribution in [0.3, 0.4) is 0 Å². The number of likely N-dealkylation sites (tertiary alicyclic amines) is 1. The third kappa shape index (κ3) is 6.45. The Morgan fingerprint density at radius 1 is 1.00 bits per heavy atom. The van der Waals surface area contributed by atoms with E-state index in [4.69, 9.17) is 9.47 Å². The molecule has 0 bridgehead atoms. The quantitative estimate of drug-likeness (QED) is 0.271. The summed E-state index contributed by atoms with van der Waals surface area (Å²) in [6.45, 7) is 8.50. The number of aliphatic hydroxyl groups is 1. The number of ether oxygens (including phenoxy) is 2. The monoisotopic (exact) mass is 621 g/mol. The topological polar surface area (TPSA) is 125 Å². The maximum atomic E-state index is 14.5. The van der Waals surface area contributed by atoms with Crippen LogP contribution in [0.2, 0.25) is 0 Å². The summed E-state index contributed by atoms with van der Waals surface area (Å²) in [6, 6.07) is 7.79. The van der Waals surface area contributed by atoms with Crippen molar-refractivity contribution in [1.29, 1.82) is 0 Å². The summed E-state index contributed by atoms with van der Waals surface area (Å²) in [5.74, 6) is -3.23. The van der Waals surface area contributed by atoms with Crippen LogP contribution >= 0.6 is 0 Å². The molecule has 10 nitrogen and oxygen atoms in total. The number of benzene rings is 1. The molecule has 0 saturated carbocycles. The average molecular weight is 622 g/mol. The van der Waals surface area contributed by atoms with E-state index in [1.807, 2.05) is 69.3 Å². The molecule has 4 heterocycles. The smallest absolute Gasteiger partial charge is 0.313 e. The molecule has 0 aromatic heterocycles. The maximum absolute atomic E-state index is 14.5. The molecule has 2 saturated heterocycles. The molecule has 4 aliphatic rings. The van der Waals surface area contributed by atoms with Gasteiger partial charge in [0.15, 0.2) is 0 Å². The van der Waals surface area contributed by atoms with E-state index in [0.29, 0.717) is 32.4 Å². The lowest BCUT2D eigenvalue weighted by atomic mass is 9.77. The number of hydrogen-bond donors (Lipinski definition) is 2. The summed E-state index contributed by atoms with van der Waals surface area (Å²) >= 11 is 0. The lowest BCUT2D eigenvalue weighted by Crippen LogP contribution is -2.58. The number of carbonyl (C=O) groups excluding carboxylic acids is 4. The van der Waals surface area contributed by atoms with E-state index in [9.17, 15) is 24.3 Å². The van der Waals surface area contributed by atoms with Gasteiger partial charge in [-0.15, -0.1) is 0 Å². The molecular formula is C35H47N3O7. The summed E-state index contributed by atoms with van der Waals surface area (Å²) in [4.78, 5) is 59.4. The summed E-state index contributed by atoms with van der Waals surface area (Å²) < 4.78 is 13.0. The molecular weight excluding hydrogens is 574 g/mol. The second-order valence-corrected chi connectivity index (χ2v) is 13.6. The minimum absolute atomic E-state index is 0.110. The minimum atomic E-state index is -1.36. The van der Waals surface area contributed by atoms with Crippen molar-refractivity contribution in [2.75, 3.05) is 19.7 Å². The number of carbonyl (C=O) groups is 4. The first-order chi connectivity index (χ1) is 21.5. The van der Waals surface area contributed by atoms with Crippen molar-refractivity contribution in [3.8, 4) is 0 Å². The number of allylic oxidation sites excluding steroid dienone is 1. The van der Waals surface area contributed by atoms with Crippen molar-refractivity contribution in [3.63, 3.8) is 0 Å². The van der Waals surface area contributed by atoms with E-state index in [-0.39, 0.29) is 30.7 Å². The van der Waals surface area contributed by atoms with Crippen LogP contribution in [0.25, 0.3) is 0 Å². The molecule has 10 heteroatoms. The van der Waals surface area contributed by atoms with Crippen molar-refractivity contribution in [2.24, 2.45) is 11.8 Å². The number of esters is 1. The van der Waals surface area contributed by atoms with Crippen molar-refractivity contribution in [2.45, 2.75) is 102 Å². The van der Waals surface area contributed by atoms with Crippen LogP contribution in [0.4, 0.5) is 0 Å². The van der Waals surface area contributed by atoms with E-state index in [1.54, 1.807) is 22.8 Å². The van der Waals surface area contributed by atoms with Gasteiger partial charge in [0.05, 0.1) is 18.1 Å². The molecule has 4 aliphatic heterocycles. The lowest BCUT2D eigenvalue weighted by molar-refractivity contribution is -0.161. The summed E-state index contributed by atoms with van der Waals surface area (Å²) in [6.07, 6.45) is 9.28. The number of rotatable bonds is 7. The molecule has 1 spiro atoms. The number of unbranched alkanes of at least 4 members (excludes halogenated alkanes) is 3. The highest BCUT2D eigenvalue weighted by Gasteiger charge is 2.72. The molecule has 1 aromatic carbocycles. The Labute approximate surface area is 265 Å². The van der Waals surface area contributed by atoms with Gasteiger partial charge in [0, 0.05) is 31.7 Å². The van der Waals surface area contributed by atoms with E-state index in [1.165, 1.54) is 0 Å². The van der Waals surface area contributed by atoms with Crippen molar-refractivity contribution < 1.29 is 33.8 Å². The Hall–Kier alpha value is -3.50. The zero-order chi connectivity index (χ0) is 32.4. The van der Waals surface area contributed by atoms with Crippen LogP contribution in [0.5, 0.6) is 0 Å². The fourth-order valence-electron chi connectivity index (χ4n) is 7.30. The SMILES string of the molecule is C[C@@H]1NC(=O)CC/C=C\[C@@H]2O[C@@]34C=CCN(C(C)(C)C)C(=O)[C@@H]3N(CCCCCCO)C(=O)[C@H]4[C@@H]2C(=O)O[C@H]1c1ccccc1. The predicted octanol–water partition coefficient (Wildman–Crippen LogP) is 3.46. The van der Waals surface area contributed by atoms with Gasteiger partial charge in [-0.25, -0.2) is 0 Å². The minimum Gasteiger partial charge on any atom is -0.455 e. The normalized spacial score (nSPS) is 32.9. The molecule has 0 aliphatic carbocycles. The third-order valence-corrected chi connectivity index (χ3v) is 9.46. The summed E-state index contributed by atoms with van der Waals surface area (Å²) in [7, 11) is 0. The molecule has 7 atom stereocenters. The van der Waals surface area contributed by atoms with Gasteiger partial charge in [-0.05, 0) is 52.5 Å². The van der Waals surface area contributed by atoms with Gasteiger partial charge in [-0.2, -0.15) is 0 Å². The molecule has 244 valence electrons. The number of fused-ring (bicyclic) bond motifs is 2. The number of cyclic esters (lactones) is 1. The second kappa shape index (κ2) is 13.5. The molecule has 5 rings (SSSR count). The molecule has 0 unspecified atom stereocenters. The standard InChI is InChI=1S/C35H47N3O7/c1-23-29(24-15-8-7-9-16-24)44-33(43)27-25(17-10-11-18-26(40)36-23)45-35-19-14-21-38(34(2,3)4)32(42)30(35)37(31(41)28(27)35)20-12-5-6-13-22-39/h7-10,14-17,19,23,25,27-30,39H,5-6,11-13,18,20-22H2,1-4H3,(H,36,40)/b17-10-/t23-,25-,27+,28+,29+,30-,35+/m0/s1. The molecule has 2 fully saturated rings. The zero-order valence-corrected chi connectivity index (χ0v) is 26.8. The average Bonchev–Trinajstić information content (AvgIpc) is 3.37. The number of hydrogen-bond acceptors (Lipinski definition) is 7. The first-order valence-electron chi connectivity index (χ1n) is 16.3. The lowest BCUT2D eigenvalue weighted by Gasteiger charge is -2.40. The number of amides is 3. The van der Waals surface area contributed by atoms with Gasteiger partial charge in [-0.3, -0.25) is 19.2 Å². The number of aliphatic hydroxyl groups excluding tert-OH is 1. The van der Waals surface area contributed by atoms with Gasteiger partial charge in [0.2, 0.25) is 17.7 Å². The van der Waals surface area contributed by atoms with Crippen molar-refractivity contribution >= 4 is 23.7 Å². The van der Waals surface area contributed by atoms with Gasteiger partial charge in [0.25, 0.3) is 0 Å². The highest BCUT2D eigenvalue weighted by atomic mass is 16.6. The molecule has 2 N–H and O–H groups in total. The first-order valence-corrected chi connectivity index (χ1v) is 16.3. The molecule has 0 radical (unpaired) electrons. The largest absolute Gasteiger partial charge is 0.455 e. The number of nitrogens with zero attached hydrogens (tertiary/aromatic N) is 2. The van der Waals surface area contributed by atoms with Gasteiger partial charge in [-0.1, -0.05) is 67.5 Å². The predicted molar refractivity (Wildman–Crippen MR) is 167 cm³/mol. The zero-order valence-electron chi connectivity index (χ0n) is 26.8. The number of nitrogens with one attached hydrogen (secondary N) is 1. The van der Waals surface area contributed by atoms with Crippen LogP contribution in [0.15, 0.2) is 54.6 Å². The highest BCUT2D eigenvalue weighted by molar-refractivity contribution is 5.99. The van der Waals surface area contributed by atoms with Gasteiger partial charge >= 0.3 is 5.97 Å². The Kier molecular flexibility index (Phi) is 9.84. The van der Waals surface area contributed by atoms with Crippen LogP contribution in [0, 0.1) is 11.8 Å². The van der Waals surface area contributed by atoms with E-state index >= 15 is 0 Å². The van der Waals surface area contributed by atoms with Gasteiger partial charge < -0.3 is 29.7 Å². The van der Waals surface area contributed by atoms with E-state index in [2.05, 4.69) is 5.32 Å². The fourth-order valence-corrected chi connectivity index (χ4v) is 7.30. The second-order valence-electron chi connectivity index (χ2n) is 13.6. The van der Waals surface area contributed by atoms with E-state index < -0.39 is 53.2 Å². The van der Waals surface area contributed by atoms with E-state index in [0.717, 1.165) is 18.4 Å². The third-order valence-electron chi connectivity index (χ3n) is 9.46. The molecule has 1 aromatic rings. The molecule has 45 heavy (non-hydrogen) atoms. The van der Waals surface area contributed by atoms with Crippen LogP contribution < -0.4 is 5.32 Å². The Balaban J connectivity index is 1.56. The van der Waals surface area contributed by atoms with Gasteiger partial charge in [0.1, 0.15) is 23.7 Å². The fraction of sp³-hybridized carbons (Fsp3) is 0.600. The summed E-state index contributed by atoms with van der Waals surface area (Å²) in [5.41, 5.74) is -1.15. The Bertz CT molecular complexity index is 1320.